The number of anilines is 2. The highest BCUT2D eigenvalue weighted by Gasteiger charge is 2.30. The molecule has 8 heteroatoms. The van der Waals surface area contributed by atoms with Crippen molar-refractivity contribution >= 4 is 22.7 Å². The Labute approximate surface area is 161 Å². The maximum Gasteiger partial charge on any atom is 0.280 e. The molecule has 6 nitrogen and oxygen atoms in total. The molecule has 0 unspecified atom stereocenters. The van der Waals surface area contributed by atoms with Crippen molar-refractivity contribution in [2.24, 2.45) is 0 Å². The molecule has 1 aliphatic heterocycles. The highest BCUT2D eigenvalue weighted by atomic mass is 19.3. The Hall–Kier alpha value is -2.90. The quantitative estimate of drug-likeness (QED) is 0.688. The highest BCUT2D eigenvalue weighted by molar-refractivity contribution is 5.75. The molecule has 28 heavy (non-hydrogen) atoms. The van der Waals surface area contributed by atoms with Crippen LogP contribution in [0.2, 0.25) is 0 Å². The Morgan fingerprint density at radius 1 is 0.857 bits per heavy atom. The predicted molar refractivity (Wildman–Crippen MR) is 103 cm³/mol. The minimum Gasteiger partial charge on any atom is -0.353 e. The summed E-state index contributed by atoms with van der Waals surface area (Å²) in [7, 11) is 0. The van der Waals surface area contributed by atoms with E-state index in [2.05, 4.69) is 24.8 Å². The molecular formula is C20H20F2N6. The fourth-order valence-corrected chi connectivity index (χ4v) is 3.53. The molecule has 0 amide bonds. The van der Waals surface area contributed by atoms with E-state index in [0.29, 0.717) is 24.7 Å². The van der Waals surface area contributed by atoms with Gasteiger partial charge in [0.1, 0.15) is 23.2 Å². The molecular weight excluding hydrogens is 362 g/mol. The molecule has 1 aliphatic carbocycles. The van der Waals surface area contributed by atoms with Crippen LogP contribution in [0.1, 0.15) is 36.7 Å². The monoisotopic (exact) mass is 382 g/mol. The molecule has 1 aromatic carbocycles. The van der Waals surface area contributed by atoms with Gasteiger partial charge in [-0.15, -0.1) is 0 Å². The van der Waals surface area contributed by atoms with Crippen LogP contribution in [0.3, 0.4) is 0 Å². The lowest BCUT2D eigenvalue weighted by Gasteiger charge is -2.36. The van der Waals surface area contributed by atoms with E-state index in [0.717, 1.165) is 42.8 Å². The van der Waals surface area contributed by atoms with Gasteiger partial charge >= 0.3 is 0 Å². The van der Waals surface area contributed by atoms with Gasteiger partial charge in [0.2, 0.25) is 0 Å². The smallest absolute Gasteiger partial charge is 0.280 e. The van der Waals surface area contributed by atoms with Crippen molar-refractivity contribution in [3.63, 3.8) is 0 Å². The molecule has 0 atom stereocenters. The van der Waals surface area contributed by atoms with Crippen LogP contribution >= 0.6 is 0 Å². The molecule has 2 aromatic heterocycles. The van der Waals surface area contributed by atoms with E-state index < -0.39 is 6.43 Å². The molecule has 144 valence electrons. The van der Waals surface area contributed by atoms with Gasteiger partial charge in [-0.25, -0.2) is 23.7 Å². The molecule has 5 rings (SSSR count). The van der Waals surface area contributed by atoms with Crippen LogP contribution in [0.15, 0.2) is 36.5 Å². The minimum atomic E-state index is -2.58. The lowest BCUT2D eigenvalue weighted by Crippen LogP contribution is -2.47. The van der Waals surface area contributed by atoms with Gasteiger partial charge in [-0.2, -0.15) is 0 Å². The summed E-state index contributed by atoms with van der Waals surface area (Å²) in [6.45, 7) is 2.86. The second kappa shape index (κ2) is 6.92. The van der Waals surface area contributed by atoms with Crippen molar-refractivity contribution < 1.29 is 8.78 Å². The number of alkyl halides is 2. The SMILES string of the molecule is FC(F)c1cc(N2CCN(c3cnc4ccccc4n3)CC2)nc(C2CC2)n1. The maximum absolute atomic E-state index is 13.3. The van der Waals surface area contributed by atoms with Gasteiger partial charge < -0.3 is 9.80 Å². The Bertz CT molecular complexity index is 979. The van der Waals surface area contributed by atoms with E-state index in [4.69, 9.17) is 4.98 Å². The third kappa shape index (κ3) is 3.34. The lowest BCUT2D eigenvalue weighted by molar-refractivity contribution is 0.145. The molecule has 1 saturated heterocycles. The molecule has 2 aliphatic rings. The Morgan fingerprint density at radius 3 is 2.21 bits per heavy atom. The number of aromatic nitrogens is 4. The average molecular weight is 382 g/mol. The molecule has 1 saturated carbocycles. The summed E-state index contributed by atoms with van der Waals surface area (Å²) in [5, 5.41) is 0. The van der Waals surface area contributed by atoms with Crippen LogP contribution in [0.25, 0.3) is 11.0 Å². The number of piperazine rings is 1. The number of halogens is 2. The van der Waals surface area contributed by atoms with Crippen molar-refractivity contribution in [3.8, 4) is 0 Å². The minimum absolute atomic E-state index is 0.172. The lowest BCUT2D eigenvalue weighted by atomic mass is 10.2. The first kappa shape index (κ1) is 17.2. The number of para-hydroxylation sites is 2. The fraction of sp³-hybridized carbons (Fsp3) is 0.400. The van der Waals surface area contributed by atoms with Crippen LogP contribution in [0, 0.1) is 0 Å². The third-order valence-electron chi connectivity index (χ3n) is 5.28. The van der Waals surface area contributed by atoms with E-state index in [1.807, 2.05) is 24.3 Å². The first-order valence-electron chi connectivity index (χ1n) is 9.56. The maximum atomic E-state index is 13.3. The van der Waals surface area contributed by atoms with Crippen molar-refractivity contribution in [2.75, 3.05) is 36.0 Å². The summed E-state index contributed by atoms with van der Waals surface area (Å²) in [4.78, 5) is 22.1. The number of hydrogen-bond acceptors (Lipinski definition) is 6. The molecule has 3 heterocycles. The van der Waals surface area contributed by atoms with Gasteiger partial charge in [0, 0.05) is 38.2 Å². The van der Waals surface area contributed by atoms with E-state index >= 15 is 0 Å². The molecule has 0 N–H and O–H groups in total. The normalized spacial score (nSPS) is 17.5. The van der Waals surface area contributed by atoms with Gasteiger partial charge in [-0.05, 0) is 25.0 Å². The second-order valence-electron chi connectivity index (χ2n) is 7.28. The summed E-state index contributed by atoms with van der Waals surface area (Å²) in [6, 6.07) is 9.22. The van der Waals surface area contributed by atoms with E-state index in [-0.39, 0.29) is 11.6 Å². The molecule has 0 radical (unpaired) electrons. The van der Waals surface area contributed by atoms with Crippen molar-refractivity contribution in [3.05, 3.63) is 48.0 Å². The van der Waals surface area contributed by atoms with Crippen molar-refractivity contribution in [2.45, 2.75) is 25.2 Å². The van der Waals surface area contributed by atoms with Crippen molar-refractivity contribution in [1.29, 1.82) is 0 Å². The summed E-state index contributed by atoms with van der Waals surface area (Å²) < 4.78 is 26.5. The molecule has 3 aromatic rings. The summed E-state index contributed by atoms with van der Waals surface area (Å²) in [6.07, 6.45) is 1.19. The first-order valence-corrected chi connectivity index (χ1v) is 9.56. The molecule has 2 fully saturated rings. The largest absolute Gasteiger partial charge is 0.353 e. The fourth-order valence-electron chi connectivity index (χ4n) is 3.53. The summed E-state index contributed by atoms with van der Waals surface area (Å²) in [5.74, 6) is 2.26. The van der Waals surface area contributed by atoms with Gasteiger partial charge in [0.05, 0.1) is 17.2 Å². The topological polar surface area (TPSA) is 58.0 Å². The number of benzene rings is 1. The predicted octanol–water partition coefficient (Wildman–Crippen LogP) is 3.56. The van der Waals surface area contributed by atoms with Gasteiger partial charge in [0.15, 0.2) is 0 Å². The highest BCUT2D eigenvalue weighted by Crippen LogP contribution is 2.39. The number of rotatable bonds is 4. The van der Waals surface area contributed by atoms with E-state index in [1.54, 1.807) is 6.20 Å². The van der Waals surface area contributed by atoms with Crippen LogP contribution < -0.4 is 9.80 Å². The molecule has 0 bridgehead atoms. The Balaban J connectivity index is 1.34. The van der Waals surface area contributed by atoms with E-state index in [1.165, 1.54) is 6.07 Å². The Kier molecular flexibility index (Phi) is 4.26. The third-order valence-corrected chi connectivity index (χ3v) is 5.28. The van der Waals surface area contributed by atoms with Crippen LogP contribution in [-0.2, 0) is 0 Å². The standard InChI is InChI=1S/C20H20F2N6/c21-19(22)16-11-17(26-20(25-16)13-5-6-13)27-7-9-28(10-8-27)18-12-23-14-3-1-2-4-15(14)24-18/h1-4,11-13,19H,5-10H2. The van der Waals surface area contributed by atoms with Crippen molar-refractivity contribution in [1.82, 2.24) is 19.9 Å². The zero-order valence-corrected chi connectivity index (χ0v) is 15.3. The van der Waals surface area contributed by atoms with Crippen LogP contribution in [0.5, 0.6) is 0 Å². The summed E-state index contributed by atoms with van der Waals surface area (Å²) in [5.41, 5.74) is 1.57. The Morgan fingerprint density at radius 2 is 1.54 bits per heavy atom. The zero-order chi connectivity index (χ0) is 19.1. The average Bonchev–Trinajstić information content (AvgIpc) is 3.59. The van der Waals surface area contributed by atoms with E-state index in [9.17, 15) is 8.78 Å². The van der Waals surface area contributed by atoms with Crippen LogP contribution in [0.4, 0.5) is 20.4 Å². The second-order valence-corrected chi connectivity index (χ2v) is 7.28. The number of hydrogen-bond donors (Lipinski definition) is 0. The van der Waals surface area contributed by atoms with Crippen LogP contribution in [-0.4, -0.2) is 46.1 Å². The van der Waals surface area contributed by atoms with Gasteiger partial charge in [-0.3, -0.25) is 4.98 Å². The molecule has 0 spiro atoms. The number of nitrogens with zero attached hydrogens (tertiary/aromatic N) is 6. The summed E-state index contributed by atoms with van der Waals surface area (Å²) >= 11 is 0. The first-order chi connectivity index (χ1) is 13.7. The van der Waals surface area contributed by atoms with Gasteiger partial charge in [-0.1, -0.05) is 12.1 Å². The number of fused-ring (bicyclic) bond motifs is 1. The van der Waals surface area contributed by atoms with Gasteiger partial charge in [0.25, 0.3) is 6.43 Å². The zero-order valence-electron chi connectivity index (χ0n) is 15.3.